The minimum atomic E-state index is -0.970. The number of ether oxygens (including phenoxy) is 2. The summed E-state index contributed by atoms with van der Waals surface area (Å²) in [7, 11) is 1.60. The van der Waals surface area contributed by atoms with Gasteiger partial charge in [0.1, 0.15) is 24.3 Å². The molecular formula is C29H26FN3O3. The molecule has 36 heavy (non-hydrogen) atoms. The molecule has 0 radical (unpaired) electrons. The van der Waals surface area contributed by atoms with Crippen LogP contribution in [0.25, 0.3) is 11.2 Å². The van der Waals surface area contributed by atoms with Gasteiger partial charge in [0.2, 0.25) is 0 Å². The number of aliphatic hydroxyl groups excluding tert-OH is 1. The predicted molar refractivity (Wildman–Crippen MR) is 134 cm³/mol. The molecular weight excluding hydrogens is 457 g/mol. The maximum Gasteiger partial charge on any atom is 0.180 e. The summed E-state index contributed by atoms with van der Waals surface area (Å²) in [5.74, 6) is 0.670. The molecule has 6 nitrogen and oxygen atoms in total. The van der Waals surface area contributed by atoms with Crippen LogP contribution in [0.2, 0.25) is 0 Å². The largest absolute Gasteiger partial charge is 0.493 e. The number of aromatic nitrogens is 2. The van der Waals surface area contributed by atoms with Crippen molar-refractivity contribution in [1.29, 1.82) is 5.26 Å². The van der Waals surface area contributed by atoms with Crippen molar-refractivity contribution in [1.82, 2.24) is 9.38 Å². The number of methoxy groups -OCH3 is 1. The van der Waals surface area contributed by atoms with E-state index in [9.17, 15) is 14.8 Å². The summed E-state index contributed by atoms with van der Waals surface area (Å²) in [6.45, 7) is 5.98. The molecule has 0 saturated heterocycles. The van der Waals surface area contributed by atoms with Gasteiger partial charge in [-0.2, -0.15) is 5.26 Å². The van der Waals surface area contributed by atoms with Crippen molar-refractivity contribution in [2.75, 3.05) is 7.11 Å². The van der Waals surface area contributed by atoms with Gasteiger partial charge in [0.25, 0.3) is 0 Å². The second-order valence-corrected chi connectivity index (χ2v) is 9.17. The Labute approximate surface area is 208 Å². The highest BCUT2D eigenvalue weighted by Gasteiger charge is 2.27. The number of hydrogen-bond acceptors (Lipinski definition) is 5. The standard InChI is InChI=1S/C29H26FN3O3/c1-16(2)26-27(33-11-5-6-23(35-4)29(33)32-26)28(34)18-7-9-21-19(12-18)15-36-24-13-20(30)8-10-22(24)25(21)17(3)14-31/h5-13,16,28,34H,15H2,1-4H3. The fourth-order valence-corrected chi connectivity index (χ4v) is 4.82. The third kappa shape index (κ3) is 3.80. The number of halogens is 1. The number of pyridine rings is 1. The second-order valence-electron chi connectivity index (χ2n) is 9.17. The average Bonchev–Trinajstić information content (AvgIpc) is 3.20. The second kappa shape index (κ2) is 9.14. The van der Waals surface area contributed by atoms with Crippen LogP contribution in [-0.4, -0.2) is 21.6 Å². The number of nitrogens with zero attached hydrogens (tertiary/aromatic N) is 3. The Kier molecular flexibility index (Phi) is 5.99. The first-order chi connectivity index (χ1) is 17.3. The van der Waals surface area contributed by atoms with Gasteiger partial charge in [-0.25, -0.2) is 9.37 Å². The molecule has 3 heterocycles. The lowest BCUT2D eigenvalue weighted by Crippen LogP contribution is -2.09. The summed E-state index contributed by atoms with van der Waals surface area (Å²) in [6.07, 6.45) is 0.895. The van der Waals surface area contributed by atoms with Crippen LogP contribution in [0.15, 0.2) is 60.3 Å². The number of aliphatic hydroxyl groups is 1. The molecule has 0 aliphatic carbocycles. The van der Waals surface area contributed by atoms with E-state index in [0.29, 0.717) is 45.1 Å². The molecule has 2 aromatic heterocycles. The van der Waals surface area contributed by atoms with E-state index in [0.717, 1.165) is 16.8 Å². The molecule has 182 valence electrons. The fraction of sp³-hybridized carbons (Fsp3) is 0.241. The molecule has 0 bridgehead atoms. The lowest BCUT2D eigenvalue weighted by Gasteiger charge is -2.17. The number of fused-ring (bicyclic) bond motifs is 3. The van der Waals surface area contributed by atoms with E-state index < -0.39 is 11.9 Å². The summed E-state index contributed by atoms with van der Waals surface area (Å²) in [4.78, 5) is 4.79. The Bertz CT molecular complexity index is 1560. The molecule has 7 heteroatoms. The summed E-state index contributed by atoms with van der Waals surface area (Å²) in [5, 5.41) is 21.3. The van der Waals surface area contributed by atoms with Crippen molar-refractivity contribution in [3.05, 3.63) is 99.8 Å². The predicted octanol–water partition coefficient (Wildman–Crippen LogP) is 5.92. The normalized spacial score (nSPS) is 14.9. The van der Waals surface area contributed by atoms with Gasteiger partial charge in [0, 0.05) is 29.0 Å². The lowest BCUT2D eigenvalue weighted by atomic mass is 9.89. The van der Waals surface area contributed by atoms with Gasteiger partial charge >= 0.3 is 0 Å². The third-order valence-corrected chi connectivity index (χ3v) is 6.56. The average molecular weight is 484 g/mol. The van der Waals surface area contributed by atoms with Crippen molar-refractivity contribution in [3.8, 4) is 17.6 Å². The lowest BCUT2D eigenvalue weighted by molar-refractivity contribution is 0.212. The first-order valence-corrected chi connectivity index (χ1v) is 11.7. The molecule has 0 saturated carbocycles. The van der Waals surface area contributed by atoms with Crippen molar-refractivity contribution in [3.63, 3.8) is 0 Å². The molecule has 1 aliphatic heterocycles. The van der Waals surface area contributed by atoms with Gasteiger partial charge in [0.05, 0.1) is 24.6 Å². The number of hydrogen-bond donors (Lipinski definition) is 1. The van der Waals surface area contributed by atoms with Crippen LogP contribution in [0.5, 0.6) is 11.5 Å². The van der Waals surface area contributed by atoms with Crippen LogP contribution in [0.4, 0.5) is 4.39 Å². The number of allylic oxidation sites excluding steroid dienone is 1. The van der Waals surface area contributed by atoms with E-state index >= 15 is 0 Å². The minimum absolute atomic E-state index is 0.0700. The van der Waals surface area contributed by atoms with E-state index in [-0.39, 0.29) is 12.5 Å². The Hall–Kier alpha value is -4.15. The van der Waals surface area contributed by atoms with Gasteiger partial charge in [-0.05, 0) is 59.9 Å². The Morgan fingerprint density at radius 3 is 2.69 bits per heavy atom. The smallest absolute Gasteiger partial charge is 0.180 e. The number of benzene rings is 2. The summed E-state index contributed by atoms with van der Waals surface area (Å²) < 4.78 is 27.3. The van der Waals surface area contributed by atoms with Crippen molar-refractivity contribution in [2.24, 2.45) is 0 Å². The zero-order chi connectivity index (χ0) is 25.6. The van der Waals surface area contributed by atoms with E-state index in [4.69, 9.17) is 14.5 Å². The molecule has 4 aromatic rings. The quantitative estimate of drug-likeness (QED) is 0.364. The highest BCUT2D eigenvalue weighted by Crippen LogP contribution is 2.40. The zero-order valence-corrected chi connectivity index (χ0v) is 20.5. The van der Waals surface area contributed by atoms with E-state index in [1.54, 1.807) is 20.1 Å². The molecule has 1 N–H and O–H groups in total. The maximum absolute atomic E-state index is 14.0. The van der Waals surface area contributed by atoms with Crippen LogP contribution in [0, 0.1) is 17.1 Å². The van der Waals surface area contributed by atoms with Crippen LogP contribution in [-0.2, 0) is 6.61 Å². The number of nitriles is 1. The maximum atomic E-state index is 14.0. The monoisotopic (exact) mass is 483 g/mol. The van der Waals surface area contributed by atoms with Crippen LogP contribution < -0.4 is 9.47 Å². The van der Waals surface area contributed by atoms with Gasteiger partial charge in [0.15, 0.2) is 11.4 Å². The van der Waals surface area contributed by atoms with Gasteiger partial charge < -0.3 is 14.6 Å². The van der Waals surface area contributed by atoms with Crippen molar-refractivity contribution >= 4 is 11.2 Å². The number of rotatable bonds is 4. The molecule has 1 aliphatic rings. The topological polar surface area (TPSA) is 79.8 Å². The zero-order valence-electron chi connectivity index (χ0n) is 20.5. The Morgan fingerprint density at radius 1 is 1.19 bits per heavy atom. The van der Waals surface area contributed by atoms with E-state index in [1.165, 1.54) is 12.1 Å². The molecule has 5 rings (SSSR count). The summed E-state index contributed by atoms with van der Waals surface area (Å²) in [5.41, 5.74) is 6.23. The Balaban J connectivity index is 1.66. The minimum Gasteiger partial charge on any atom is -0.493 e. The molecule has 0 amide bonds. The summed E-state index contributed by atoms with van der Waals surface area (Å²) >= 11 is 0. The highest BCUT2D eigenvalue weighted by atomic mass is 19.1. The third-order valence-electron chi connectivity index (χ3n) is 6.56. The van der Waals surface area contributed by atoms with Crippen LogP contribution in [0.3, 0.4) is 0 Å². The van der Waals surface area contributed by atoms with Gasteiger partial charge in [-0.3, -0.25) is 4.40 Å². The molecule has 0 spiro atoms. The summed E-state index contributed by atoms with van der Waals surface area (Å²) in [6, 6.07) is 15.9. The Morgan fingerprint density at radius 2 is 1.97 bits per heavy atom. The fourth-order valence-electron chi connectivity index (χ4n) is 4.82. The van der Waals surface area contributed by atoms with E-state index in [1.807, 2.05) is 54.8 Å². The first kappa shape index (κ1) is 23.6. The van der Waals surface area contributed by atoms with E-state index in [2.05, 4.69) is 6.07 Å². The molecule has 0 fully saturated rings. The van der Waals surface area contributed by atoms with Crippen LogP contribution in [0.1, 0.15) is 66.4 Å². The molecule has 1 unspecified atom stereocenters. The van der Waals surface area contributed by atoms with Gasteiger partial charge in [-0.15, -0.1) is 0 Å². The molecule has 1 atom stereocenters. The highest BCUT2D eigenvalue weighted by molar-refractivity contribution is 5.88. The number of imidazole rings is 1. The SMILES string of the molecule is COc1cccn2c(C(O)c3ccc4c(c3)COc3cc(F)ccc3C4=C(C)C#N)c(C(C)C)nc12. The van der Waals surface area contributed by atoms with Gasteiger partial charge in [-0.1, -0.05) is 26.0 Å². The van der Waals surface area contributed by atoms with Crippen molar-refractivity contribution < 1.29 is 19.0 Å². The van der Waals surface area contributed by atoms with Crippen LogP contribution >= 0.6 is 0 Å². The first-order valence-electron chi connectivity index (χ1n) is 11.7. The van der Waals surface area contributed by atoms with Crippen molar-refractivity contribution in [2.45, 2.75) is 39.4 Å². The molecule has 2 aromatic carbocycles.